The molecule has 1 amide bonds. The number of imidazole rings is 2. The third-order valence-electron chi connectivity index (χ3n) is 5.00. The van der Waals surface area contributed by atoms with E-state index in [1.54, 1.807) is 6.33 Å². The second kappa shape index (κ2) is 6.19. The van der Waals surface area contributed by atoms with Crippen LogP contribution in [0.4, 0.5) is 0 Å². The molecule has 3 aromatic rings. The Hall–Kier alpha value is -2.34. The Morgan fingerprint density at radius 2 is 2.24 bits per heavy atom. The molecule has 0 aliphatic carbocycles. The van der Waals surface area contributed by atoms with Crippen LogP contribution in [0.1, 0.15) is 36.1 Å². The SMILES string of the molecule is Cc1ncn(CC(=O)N2CCC[C@@H]2c2nc3ccc(Cl)cc3[nH]2)c1C. The molecule has 1 saturated heterocycles. The molecule has 0 spiro atoms. The minimum absolute atomic E-state index is 0.0106. The van der Waals surface area contributed by atoms with Crippen LogP contribution in [0, 0.1) is 13.8 Å². The quantitative estimate of drug-likeness (QED) is 0.781. The fraction of sp³-hybridized carbons (Fsp3) is 0.389. The van der Waals surface area contributed by atoms with Crippen molar-refractivity contribution in [1.82, 2.24) is 24.4 Å². The molecule has 1 N–H and O–H groups in total. The zero-order valence-corrected chi connectivity index (χ0v) is 15.0. The van der Waals surface area contributed by atoms with Crippen molar-refractivity contribution in [3.05, 3.63) is 46.8 Å². The number of nitrogens with one attached hydrogen (secondary N) is 1. The molecule has 1 aromatic carbocycles. The molecule has 1 atom stereocenters. The number of aromatic amines is 1. The van der Waals surface area contributed by atoms with Gasteiger partial charge >= 0.3 is 0 Å². The van der Waals surface area contributed by atoms with Crippen LogP contribution < -0.4 is 0 Å². The average Bonchev–Trinajstić information content (AvgIpc) is 3.28. The molecule has 6 nitrogen and oxygen atoms in total. The normalized spacial score (nSPS) is 17.6. The van der Waals surface area contributed by atoms with E-state index in [4.69, 9.17) is 11.6 Å². The Labute approximate surface area is 150 Å². The van der Waals surface area contributed by atoms with Crippen molar-refractivity contribution in [2.24, 2.45) is 0 Å². The van der Waals surface area contributed by atoms with Gasteiger partial charge in [0.15, 0.2) is 0 Å². The smallest absolute Gasteiger partial charge is 0.243 e. The number of amides is 1. The molecule has 130 valence electrons. The number of nitrogens with zero attached hydrogens (tertiary/aromatic N) is 4. The number of aromatic nitrogens is 4. The van der Waals surface area contributed by atoms with E-state index in [0.29, 0.717) is 11.6 Å². The maximum absolute atomic E-state index is 12.8. The minimum atomic E-state index is -0.0106. The highest BCUT2D eigenvalue weighted by atomic mass is 35.5. The fourth-order valence-electron chi connectivity index (χ4n) is 3.45. The van der Waals surface area contributed by atoms with Crippen LogP contribution in [0.5, 0.6) is 0 Å². The molecule has 0 bridgehead atoms. The van der Waals surface area contributed by atoms with E-state index in [1.165, 1.54) is 0 Å². The summed E-state index contributed by atoms with van der Waals surface area (Å²) in [6, 6.07) is 5.59. The van der Waals surface area contributed by atoms with Crippen molar-refractivity contribution in [3.8, 4) is 0 Å². The zero-order chi connectivity index (χ0) is 17.6. The molecular weight excluding hydrogens is 338 g/mol. The predicted molar refractivity (Wildman–Crippen MR) is 96.5 cm³/mol. The first-order chi connectivity index (χ1) is 12.0. The molecule has 0 unspecified atom stereocenters. The Morgan fingerprint density at radius 1 is 1.40 bits per heavy atom. The lowest BCUT2D eigenvalue weighted by atomic mass is 10.2. The summed E-state index contributed by atoms with van der Waals surface area (Å²) in [6.07, 6.45) is 3.63. The van der Waals surface area contributed by atoms with E-state index < -0.39 is 0 Å². The Morgan fingerprint density at radius 3 is 3.00 bits per heavy atom. The van der Waals surface area contributed by atoms with Gasteiger partial charge in [-0.1, -0.05) is 11.6 Å². The van der Waals surface area contributed by atoms with E-state index in [2.05, 4.69) is 15.0 Å². The van der Waals surface area contributed by atoms with Gasteiger partial charge in [-0.3, -0.25) is 4.79 Å². The van der Waals surface area contributed by atoms with Crippen LogP contribution in [0.3, 0.4) is 0 Å². The van der Waals surface area contributed by atoms with Crippen molar-refractivity contribution in [2.45, 2.75) is 39.3 Å². The van der Waals surface area contributed by atoms with Gasteiger partial charge in [-0.2, -0.15) is 0 Å². The zero-order valence-electron chi connectivity index (χ0n) is 14.3. The molecule has 3 heterocycles. The van der Waals surface area contributed by atoms with Crippen LogP contribution in [0.25, 0.3) is 11.0 Å². The third-order valence-corrected chi connectivity index (χ3v) is 5.24. The Bertz CT molecular complexity index is 944. The van der Waals surface area contributed by atoms with E-state index in [0.717, 1.165) is 47.6 Å². The van der Waals surface area contributed by atoms with Crippen molar-refractivity contribution in [2.75, 3.05) is 6.54 Å². The first-order valence-corrected chi connectivity index (χ1v) is 8.83. The van der Waals surface area contributed by atoms with Crippen LogP contribution in [0.15, 0.2) is 24.5 Å². The summed E-state index contributed by atoms with van der Waals surface area (Å²) in [5.41, 5.74) is 3.77. The van der Waals surface area contributed by atoms with Gasteiger partial charge in [0.05, 0.1) is 29.1 Å². The first kappa shape index (κ1) is 16.1. The van der Waals surface area contributed by atoms with Crippen LogP contribution in [-0.2, 0) is 11.3 Å². The molecule has 1 aliphatic rings. The van der Waals surface area contributed by atoms with Gasteiger partial charge in [-0.15, -0.1) is 0 Å². The fourth-order valence-corrected chi connectivity index (χ4v) is 3.62. The number of rotatable bonds is 3. The van der Waals surface area contributed by atoms with E-state index in [-0.39, 0.29) is 11.9 Å². The summed E-state index contributed by atoms with van der Waals surface area (Å²) in [4.78, 5) is 27.0. The predicted octanol–water partition coefficient (Wildman–Crippen LogP) is 3.39. The van der Waals surface area contributed by atoms with Gasteiger partial charge in [-0.05, 0) is 44.9 Å². The summed E-state index contributed by atoms with van der Waals surface area (Å²) < 4.78 is 1.91. The Balaban J connectivity index is 1.58. The lowest BCUT2D eigenvalue weighted by molar-refractivity contribution is -0.132. The lowest BCUT2D eigenvalue weighted by Gasteiger charge is -2.23. The number of halogens is 1. The van der Waals surface area contributed by atoms with Gasteiger partial charge < -0.3 is 14.5 Å². The van der Waals surface area contributed by atoms with E-state index in [1.807, 2.05) is 41.5 Å². The number of hydrogen-bond donors (Lipinski definition) is 1. The van der Waals surface area contributed by atoms with Crippen molar-refractivity contribution < 1.29 is 4.79 Å². The number of benzene rings is 1. The topological polar surface area (TPSA) is 66.8 Å². The van der Waals surface area contributed by atoms with Gasteiger partial charge in [0.25, 0.3) is 0 Å². The minimum Gasteiger partial charge on any atom is -0.340 e. The maximum atomic E-state index is 12.8. The summed E-state index contributed by atoms with van der Waals surface area (Å²) in [5, 5.41) is 0.674. The van der Waals surface area contributed by atoms with Crippen LogP contribution >= 0.6 is 11.6 Å². The largest absolute Gasteiger partial charge is 0.340 e. The summed E-state index contributed by atoms with van der Waals surface area (Å²) in [7, 11) is 0. The second-order valence-corrected chi connectivity index (χ2v) is 7.01. The van der Waals surface area contributed by atoms with E-state index >= 15 is 0 Å². The summed E-state index contributed by atoms with van der Waals surface area (Å²) in [6.45, 7) is 5.01. The number of carbonyl (C=O) groups excluding carboxylic acids is 1. The standard InChI is InChI=1S/C18H20ClN5O/c1-11-12(2)23(10-20-11)9-17(25)24-7-3-4-16(24)18-21-14-6-5-13(19)8-15(14)22-18/h5-6,8,10,16H,3-4,7,9H2,1-2H3,(H,21,22)/t16-/m1/s1. The van der Waals surface area contributed by atoms with Crippen molar-refractivity contribution in [3.63, 3.8) is 0 Å². The average molecular weight is 358 g/mol. The number of hydrogen-bond acceptors (Lipinski definition) is 3. The van der Waals surface area contributed by atoms with Gasteiger partial charge in [0, 0.05) is 17.3 Å². The molecule has 7 heteroatoms. The highest BCUT2D eigenvalue weighted by molar-refractivity contribution is 6.31. The molecule has 1 aliphatic heterocycles. The molecule has 0 radical (unpaired) electrons. The molecule has 25 heavy (non-hydrogen) atoms. The van der Waals surface area contributed by atoms with Crippen LogP contribution in [0.2, 0.25) is 5.02 Å². The summed E-state index contributed by atoms with van der Waals surface area (Å²) >= 11 is 6.05. The maximum Gasteiger partial charge on any atom is 0.243 e. The van der Waals surface area contributed by atoms with Crippen molar-refractivity contribution in [1.29, 1.82) is 0 Å². The third kappa shape index (κ3) is 2.91. The number of fused-ring (bicyclic) bond motifs is 1. The molecule has 1 fully saturated rings. The van der Waals surface area contributed by atoms with Crippen molar-refractivity contribution >= 4 is 28.5 Å². The number of carbonyl (C=O) groups is 1. The highest BCUT2D eigenvalue weighted by Gasteiger charge is 2.32. The Kier molecular flexibility index (Phi) is 4.00. The molecule has 0 saturated carbocycles. The number of aryl methyl sites for hydroxylation is 1. The van der Waals surface area contributed by atoms with E-state index in [9.17, 15) is 4.79 Å². The lowest BCUT2D eigenvalue weighted by Crippen LogP contribution is -2.34. The summed E-state index contributed by atoms with van der Waals surface area (Å²) in [5.74, 6) is 0.933. The number of H-pyrrole nitrogens is 1. The molecule has 2 aromatic heterocycles. The molecular formula is C18H20ClN5O. The van der Waals surface area contributed by atoms with Crippen LogP contribution in [-0.4, -0.2) is 36.9 Å². The highest BCUT2D eigenvalue weighted by Crippen LogP contribution is 2.32. The van der Waals surface area contributed by atoms with Gasteiger partial charge in [0.1, 0.15) is 12.4 Å². The second-order valence-electron chi connectivity index (χ2n) is 6.57. The molecule has 4 rings (SSSR count). The van der Waals surface area contributed by atoms with Gasteiger partial charge in [0.2, 0.25) is 5.91 Å². The first-order valence-electron chi connectivity index (χ1n) is 8.46. The number of likely N-dealkylation sites (tertiary alicyclic amines) is 1. The van der Waals surface area contributed by atoms with Gasteiger partial charge in [-0.25, -0.2) is 9.97 Å². The monoisotopic (exact) mass is 357 g/mol.